The van der Waals surface area contributed by atoms with Crippen LogP contribution < -0.4 is 16.0 Å². The molecule has 1 atom stereocenters. The van der Waals surface area contributed by atoms with E-state index in [-0.39, 0.29) is 6.10 Å². The molecule has 0 amide bonds. The van der Waals surface area contributed by atoms with Gasteiger partial charge in [-0.1, -0.05) is 18.2 Å². The summed E-state index contributed by atoms with van der Waals surface area (Å²) in [5, 5.41) is 0. The quantitative estimate of drug-likeness (QED) is 0.620. The van der Waals surface area contributed by atoms with Crippen molar-refractivity contribution in [3.8, 4) is 5.75 Å². The molecule has 0 fully saturated rings. The molecule has 5 nitrogen and oxygen atoms in total. The van der Waals surface area contributed by atoms with E-state index in [1.807, 2.05) is 25.1 Å². The number of aromatic nitrogens is 2. The van der Waals surface area contributed by atoms with Crippen LogP contribution in [0.3, 0.4) is 0 Å². The minimum Gasteiger partial charge on any atom is -0.482 e. The van der Waals surface area contributed by atoms with Gasteiger partial charge in [0, 0.05) is 18.2 Å². The molecule has 1 aliphatic rings. The lowest BCUT2D eigenvalue weighted by Gasteiger charge is -2.11. The third-order valence-corrected chi connectivity index (χ3v) is 2.95. The molecule has 2 heterocycles. The molecule has 3 rings (SSSR count). The highest BCUT2D eigenvalue weighted by Crippen LogP contribution is 2.35. The Bertz CT molecular complexity index is 560. The first-order valence-electron chi connectivity index (χ1n) is 5.83. The number of benzene rings is 1. The normalized spacial score (nSPS) is 17.1. The number of anilines is 1. The lowest BCUT2D eigenvalue weighted by atomic mass is 10.1. The van der Waals surface area contributed by atoms with Gasteiger partial charge in [0.05, 0.1) is 0 Å². The third-order valence-electron chi connectivity index (χ3n) is 2.95. The molecule has 92 valence electrons. The van der Waals surface area contributed by atoms with E-state index in [2.05, 4.69) is 21.5 Å². The number of rotatable bonds is 2. The molecule has 0 saturated carbocycles. The summed E-state index contributed by atoms with van der Waals surface area (Å²) in [4.78, 5) is 8.76. The minimum atomic E-state index is -0.130. The Morgan fingerprint density at radius 2 is 2.17 bits per heavy atom. The zero-order valence-corrected chi connectivity index (χ0v) is 10.1. The highest BCUT2D eigenvalue weighted by atomic mass is 16.5. The molecule has 1 aromatic carbocycles. The lowest BCUT2D eigenvalue weighted by Crippen LogP contribution is -2.14. The van der Waals surface area contributed by atoms with Crippen molar-refractivity contribution in [2.24, 2.45) is 5.84 Å². The molecule has 2 aromatic rings. The number of nitrogen functional groups attached to an aromatic ring is 1. The fourth-order valence-electron chi connectivity index (χ4n) is 2.14. The average Bonchev–Trinajstić information content (AvgIpc) is 2.81. The van der Waals surface area contributed by atoms with Gasteiger partial charge in [-0.25, -0.2) is 15.8 Å². The number of fused-ring (bicyclic) bond motifs is 1. The number of aryl methyl sites for hydroxylation is 1. The fraction of sp³-hybridized carbons (Fsp3) is 0.231. The van der Waals surface area contributed by atoms with Crippen LogP contribution in [0, 0.1) is 6.92 Å². The maximum atomic E-state index is 5.85. The molecule has 3 N–H and O–H groups in total. The van der Waals surface area contributed by atoms with E-state index in [9.17, 15) is 0 Å². The predicted molar refractivity (Wildman–Crippen MR) is 68.1 cm³/mol. The van der Waals surface area contributed by atoms with Crippen molar-refractivity contribution in [2.45, 2.75) is 19.4 Å². The van der Waals surface area contributed by atoms with Gasteiger partial charge in [-0.2, -0.15) is 0 Å². The van der Waals surface area contributed by atoms with Gasteiger partial charge in [-0.3, -0.25) is 0 Å². The minimum absolute atomic E-state index is 0.130. The standard InChI is InChI=1S/C13H14N4O/c1-8-6-12(17-14)16-13(15-8)11-7-9-4-2-3-5-10(9)18-11/h2-6,11H,7,14H2,1H3,(H,15,16,17). The number of nitrogens with one attached hydrogen (secondary N) is 1. The van der Waals surface area contributed by atoms with Gasteiger partial charge in [0.15, 0.2) is 11.9 Å². The van der Waals surface area contributed by atoms with Crippen LogP contribution in [0.2, 0.25) is 0 Å². The summed E-state index contributed by atoms with van der Waals surface area (Å²) in [6.45, 7) is 1.91. The second-order valence-corrected chi connectivity index (χ2v) is 4.32. The van der Waals surface area contributed by atoms with Crippen LogP contribution in [-0.2, 0) is 6.42 Å². The van der Waals surface area contributed by atoms with Gasteiger partial charge >= 0.3 is 0 Å². The van der Waals surface area contributed by atoms with E-state index in [4.69, 9.17) is 10.6 Å². The summed E-state index contributed by atoms with van der Waals surface area (Å²) in [6, 6.07) is 9.80. The van der Waals surface area contributed by atoms with E-state index < -0.39 is 0 Å². The summed E-state index contributed by atoms with van der Waals surface area (Å²) >= 11 is 0. The van der Waals surface area contributed by atoms with Gasteiger partial charge < -0.3 is 10.2 Å². The van der Waals surface area contributed by atoms with E-state index >= 15 is 0 Å². The summed E-state index contributed by atoms with van der Waals surface area (Å²) in [6.07, 6.45) is 0.665. The highest BCUT2D eigenvalue weighted by Gasteiger charge is 2.26. The molecule has 0 bridgehead atoms. The Balaban J connectivity index is 1.92. The molecule has 1 aliphatic heterocycles. The third kappa shape index (κ3) is 1.89. The number of hydrazine groups is 1. The van der Waals surface area contributed by atoms with Crippen LogP contribution in [0.5, 0.6) is 5.75 Å². The second-order valence-electron chi connectivity index (χ2n) is 4.32. The van der Waals surface area contributed by atoms with E-state index in [0.29, 0.717) is 11.6 Å². The van der Waals surface area contributed by atoms with Gasteiger partial charge in [0.1, 0.15) is 11.6 Å². The maximum absolute atomic E-state index is 5.85. The molecule has 0 radical (unpaired) electrons. The summed E-state index contributed by atoms with van der Waals surface area (Å²) < 4.78 is 5.85. The zero-order chi connectivity index (χ0) is 12.5. The first kappa shape index (κ1) is 11.0. The number of nitrogens with two attached hydrogens (primary N) is 1. The number of hydrogen-bond acceptors (Lipinski definition) is 5. The fourth-order valence-corrected chi connectivity index (χ4v) is 2.14. The van der Waals surface area contributed by atoms with Crippen LogP contribution in [0.25, 0.3) is 0 Å². The Kier molecular flexibility index (Phi) is 2.60. The van der Waals surface area contributed by atoms with Gasteiger partial charge in [-0.05, 0) is 18.6 Å². The second kappa shape index (κ2) is 4.27. The lowest BCUT2D eigenvalue weighted by molar-refractivity contribution is 0.227. The monoisotopic (exact) mass is 242 g/mol. The summed E-state index contributed by atoms with van der Waals surface area (Å²) in [5.41, 5.74) is 4.60. The number of para-hydroxylation sites is 1. The zero-order valence-electron chi connectivity index (χ0n) is 10.1. The SMILES string of the molecule is Cc1cc(NN)nc(C2Cc3ccccc3O2)n1. The Morgan fingerprint density at radius 3 is 2.94 bits per heavy atom. The van der Waals surface area contributed by atoms with E-state index in [1.165, 1.54) is 5.56 Å². The largest absolute Gasteiger partial charge is 0.482 e. The van der Waals surface area contributed by atoms with Crippen molar-refractivity contribution in [1.29, 1.82) is 0 Å². The van der Waals surface area contributed by atoms with Crippen molar-refractivity contribution in [1.82, 2.24) is 9.97 Å². The Hall–Kier alpha value is -2.14. The smallest absolute Gasteiger partial charge is 0.172 e. The number of nitrogens with zero attached hydrogens (tertiary/aromatic N) is 2. The van der Waals surface area contributed by atoms with Gasteiger partial charge in [0.25, 0.3) is 0 Å². The highest BCUT2D eigenvalue weighted by molar-refractivity contribution is 5.39. The van der Waals surface area contributed by atoms with Crippen molar-refractivity contribution in [3.05, 3.63) is 47.4 Å². The molecule has 0 spiro atoms. The molecular weight excluding hydrogens is 228 g/mol. The predicted octanol–water partition coefficient (Wildman–Crippen LogP) is 1.75. The molecule has 5 heteroatoms. The van der Waals surface area contributed by atoms with Crippen LogP contribution in [0.4, 0.5) is 5.82 Å². The van der Waals surface area contributed by atoms with Crippen LogP contribution in [0.15, 0.2) is 30.3 Å². The summed E-state index contributed by atoms with van der Waals surface area (Å²) in [7, 11) is 0. The molecular formula is C13H14N4O. The summed E-state index contributed by atoms with van der Waals surface area (Å²) in [5.74, 6) is 7.58. The molecule has 1 unspecified atom stereocenters. The topological polar surface area (TPSA) is 73.1 Å². The van der Waals surface area contributed by atoms with E-state index in [0.717, 1.165) is 17.9 Å². The van der Waals surface area contributed by atoms with Gasteiger partial charge in [-0.15, -0.1) is 0 Å². The first-order valence-corrected chi connectivity index (χ1v) is 5.83. The van der Waals surface area contributed by atoms with E-state index in [1.54, 1.807) is 6.07 Å². The number of ether oxygens (including phenoxy) is 1. The molecule has 1 aromatic heterocycles. The average molecular weight is 242 g/mol. The Labute approximate surface area is 105 Å². The van der Waals surface area contributed by atoms with Gasteiger partial charge in [0.2, 0.25) is 0 Å². The van der Waals surface area contributed by atoms with Crippen molar-refractivity contribution >= 4 is 5.82 Å². The Morgan fingerprint density at radius 1 is 1.33 bits per heavy atom. The molecule has 0 aliphatic carbocycles. The molecule has 0 saturated heterocycles. The van der Waals surface area contributed by atoms with Crippen LogP contribution >= 0.6 is 0 Å². The molecule has 18 heavy (non-hydrogen) atoms. The van der Waals surface area contributed by atoms with Crippen LogP contribution in [-0.4, -0.2) is 9.97 Å². The van der Waals surface area contributed by atoms with Crippen molar-refractivity contribution < 1.29 is 4.74 Å². The van der Waals surface area contributed by atoms with Crippen molar-refractivity contribution in [2.75, 3.05) is 5.43 Å². The van der Waals surface area contributed by atoms with Crippen LogP contribution in [0.1, 0.15) is 23.2 Å². The first-order chi connectivity index (χ1) is 8.76. The maximum Gasteiger partial charge on any atom is 0.172 e. The van der Waals surface area contributed by atoms with Crippen molar-refractivity contribution in [3.63, 3.8) is 0 Å². The number of hydrogen-bond donors (Lipinski definition) is 2.